The van der Waals surface area contributed by atoms with Gasteiger partial charge in [-0.1, -0.05) is 48.0 Å². The Morgan fingerprint density at radius 1 is 1.00 bits per heavy atom. The van der Waals surface area contributed by atoms with Crippen LogP contribution in [0.15, 0.2) is 53.9 Å². The van der Waals surface area contributed by atoms with Crippen molar-refractivity contribution in [2.75, 3.05) is 5.73 Å². The monoisotopic (exact) mass is 326 g/mol. The molecule has 0 bridgehead atoms. The van der Waals surface area contributed by atoms with Crippen molar-refractivity contribution < 1.29 is 0 Å². The van der Waals surface area contributed by atoms with Gasteiger partial charge < -0.3 is 5.73 Å². The third kappa shape index (κ3) is 2.13. The molecule has 4 rings (SSSR count). The topological polar surface area (TPSA) is 38.9 Å². The van der Waals surface area contributed by atoms with E-state index in [0.717, 1.165) is 23.6 Å². The summed E-state index contributed by atoms with van der Waals surface area (Å²) in [7, 11) is 0. The van der Waals surface area contributed by atoms with Gasteiger partial charge in [0.1, 0.15) is 0 Å². The van der Waals surface area contributed by atoms with Crippen molar-refractivity contribution in [3.05, 3.63) is 81.3 Å². The number of anilines is 1. The third-order valence-corrected chi connectivity index (χ3v) is 5.44. The van der Waals surface area contributed by atoms with Gasteiger partial charge in [0, 0.05) is 15.8 Å². The van der Waals surface area contributed by atoms with E-state index < -0.39 is 0 Å². The fraction of sp³-hybridized carbons (Fsp3) is 0.167. The molecule has 0 atom stereocenters. The summed E-state index contributed by atoms with van der Waals surface area (Å²) in [5.74, 6) is 0. The Hall–Kier alpha value is -1.84. The predicted molar refractivity (Wildman–Crippen MR) is 92.6 cm³/mol. The van der Waals surface area contributed by atoms with E-state index >= 15 is 0 Å². The summed E-state index contributed by atoms with van der Waals surface area (Å²) in [4.78, 5) is 4.61. The molecule has 3 aromatic rings. The minimum atomic E-state index is -0.137. The largest absolute Gasteiger partial charge is 0.375 e. The molecule has 22 heavy (non-hydrogen) atoms. The Morgan fingerprint density at radius 2 is 1.64 bits per heavy atom. The van der Waals surface area contributed by atoms with Crippen LogP contribution in [0.2, 0.25) is 5.02 Å². The van der Waals surface area contributed by atoms with Crippen LogP contribution in [-0.4, -0.2) is 4.98 Å². The molecule has 0 saturated carbocycles. The van der Waals surface area contributed by atoms with E-state index in [1.165, 1.54) is 28.0 Å². The smallest absolute Gasteiger partial charge is 0.180 e. The van der Waals surface area contributed by atoms with E-state index in [9.17, 15) is 0 Å². The number of fused-ring (bicyclic) bond motifs is 1. The van der Waals surface area contributed by atoms with Crippen molar-refractivity contribution in [1.29, 1.82) is 0 Å². The lowest BCUT2D eigenvalue weighted by Gasteiger charge is -2.28. The lowest BCUT2D eigenvalue weighted by Crippen LogP contribution is -2.29. The molecule has 0 fully saturated rings. The Balaban J connectivity index is 1.89. The maximum absolute atomic E-state index is 6.07. The van der Waals surface area contributed by atoms with Gasteiger partial charge in [-0.25, -0.2) is 4.98 Å². The molecule has 1 aromatic heterocycles. The maximum Gasteiger partial charge on any atom is 0.180 e. The molecule has 110 valence electrons. The summed E-state index contributed by atoms with van der Waals surface area (Å²) >= 11 is 7.58. The van der Waals surface area contributed by atoms with Gasteiger partial charge in [0.25, 0.3) is 0 Å². The molecule has 0 unspecified atom stereocenters. The van der Waals surface area contributed by atoms with E-state index in [-0.39, 0.29) is 5.41 Å². The normalized spacial score (nSPS) is 15.7. The van der Waals surface area contributed by atoms with Gasteiger partial charge in [-0.2, -0.15) is 0 Å². The quantitative estimate of drug-likeness (QED) is 0.755. The zero-order valence-electron chi connectivity index (χ0n) is 11.9. The molecule has 1 aliphatic carbocycles. The van der Waals surface area contributed by atoms with Gasteiger partial charge in [0.2, 0.25) is 0 Å². The number of nitrogens with zero attached hydrogens (tertiary/aromatic N) is 1. The van der Waals surface area contributed by atoms with Gasteiger partial charge in [0.05, 0.1) is 5.69 Å². The lowest BCUT2D eigenvalue weighted by molar-refractivity contribution is 0.534. The molecule has 1 heterocycles. The second kappa shape index (κ2) is 5.11. The first kappa shape index (κ1) is 13.8. The highest BCUT2D eigenvalue weighted by Gasteiger charge is 2.42. The molecular formula is C18H15ClN2S. The number of aromatic nitrogens is 1. The van der Waals surface area contributed by atoms with Crippen molar-refractivity contribution >= 4 is 28.1 Å². The van der Waals surface area contributed by atoms with Gasteiger partial charge in [-0.3, -0.25) is 0 Å². The highest BCUT2D eigenvalue weighted by atomic mass is 35.5. The number of halogens is 1. The number of hydrogen-bond donors (Lipinski definition) is 1. The van der Waals surface area contributed by atoms with E-state index in [2.05, 4.69) is 46.8 Å². The van der Waals surface area contributed by atoms with Crippen LogP contribution in [0.4, 0.5) is 5.13 Å². The minimum Gasteiger partial charge on any atom is -0.375 e. The molecule has 2 aromatic carbocycles. The Kier molecular flexibility index (Phi) is 3.21. The Bertz CT molecular complexity index is 798. The molecule has 0 radical (unpaired) electrons. The van der Waals surface area contributed by atoms with Crippen molar-refractivity contribution in [1.82, 2.24) is 4.98 Å². The second-order valence-corrected chi connectivity index (χ2v) is 7.11. The highest BCUT2D eigenvalue weighted by Crippen LogP contribution is 2.45. The second-order valence-electron chi connectivity index (χ2n) is 5.78. The van der Waals surface area contributed by atoms with Crippen LogP contribution in [-0.2, 0) is 18.3 Å². The summed E-state index contributed by atoms with van der Waals surface area (Å²) < 4.78 is 0. The molecule has 0 amide bonds. The fourth-order valence-corrected chi connectivity index (χ4v) is 4.21. The van der Waals surface area contributed by atoms with E-state index in [0.29, 0.717) is 5.13 Å². The summed E-state index contributed by atoms with van der Waals surface area (Å²) in [6.45, 7) is 0. The van der Waals surface area contributed by atoms with Crippen molar-refractivity contribution in [3.63, 3.8) is 0 Å². The standard InChI is InChI=1S/C18H15ClN2S/c19-15-7-5-14(6-8-15)18(16-11-22-17(20)21-16)9-12-3-1-2-4-13(12)10-18/h1-8,11H,9-10H2,(H2,20,21). The van der Waals surface area contributed by atoms with E-state index in [1.54, 1.807) is 0 Å². The molecule has 1 aliphatic rings. The molecule has 0 saturated heterocycles. The van der Waals surface area contributed by atoms with Gasteiger partial charge in [0.15, 0.2) is 5.13 Å². The molecule has 4 heteroatoms. The van der Waals surface area contributed by atoms with Crippen LogP contribution in [0.3, 0.4) is 0 Å². The number of thiazole rings is 1. The van der Waals surface area contributed by atoms with Crippen molar-refractivity contribution in [3.8, 4) is 0 Å². The number of nitrogens with two attached hydrogens (primary N) is 1. The van der Waals surface area contributed by atoms with Gasteiger partial charge in [-0.15, -0.1) is 11.3 Å². The average molecular weight is 327 g/mol. The fourth-order valence-electron chi connectivity index (χ4n) is 3.42. The SMILES string of the molecule is Nc1nc(C2(c3ccc(Cl)cc3)Cc3ccccc3C2)cs1. The molecule has 2 N–H and O–H groups in total. The van der Waals surface area contributed by atoms with Crippen LogP contribution in [0, 0.1) is 0 Å². The first-order valence-corrected chi connectivity index (χ1v) is 8.47. The third-order valence-electron chi connectivity index (χ3n) is 4.51. The predicted octanol–water partition coefficient (Wildman–Crippen LogP) is 4.46. The van der Waals surface area contributed by atoms with Crippen molar-refractivity contribution in [2.45, 2.75) is 18.3 Å². The van der Waals surface area contributed by atoms with Gasteiger partial charge >= 0.3 is 0 Å². The zero-order chi connectivity index (χ0) is 15.2. The maximum atomic E-state index is 6.07. The van der Waals surface area contributed by atoms with Gasteiger partial charge in [-0.05, 0) is 41.7 Å². The van der Waals surface area contributed by atoms with Crippen LogP contribution in [0.1, 0.15) is 22.4 Å². The van der Waals surface area contributed by atoms with Crippen LogP contribution in [0.5, 0.6) is 0 Å². The Labute approximate surface area is 138 Å². The number of rotatable bonds is 2. The average Bonchev–Trinajstić information content (AvgIpc) is 3.12. The number of hydrogen-bond acceptors (Lipinski definition) is 3. The first-order valence-electron chi connectivity index (χ1n) is 7.22. The molecule has 0 spiro atoms. The minimum absolute atomic E-state index is 0.137. The van der Waals surface area contributed by atoms with Crippen LogP contribution >= 0.6 is 22.9 Å². The van der Waals surface area contributed by atoms with Crippen molar-refractivity contribution in [2.24, 2.45) is 0 Å². The summed E-state index contributed by atoms with van der Waals surface area (Å²) in [6, 6.07) is 16.8. The molecular weight excluding hydrogens is 312 g/mol. The zero-order valence-corrected chi connectivity index (χ0v) is 13.5. The van der Waals surface area contributed by atoms with E-state index in [4.69, 9.17) is 17.3 Å². The Morgan fingerprint density at radius 3 is 2.18 bits per heavy atom. The van der Waals surface area contributed by atoms with Crippen LogP contribution in [0.25, 0.3) is 0 Å². The highest BCUT2D eigenvalue weighted by molar-refractivity contribution is 7.13. The summed E-state index contributed by atoms with van der Waals surface area (Å²) in [5, 5.41) is 3.47. The molecule has 0 aliphatic heterocycles. The first-order chi connectivity index (χ1) is 10.7. The number of benzene rings is 2. The lowest BCUT2D eigenvalue weighted by atomic mass is 9.75. The van der Waals surface area contributed by atoms with Crippen LogP contribution < -0.4 is 5.73 Å². The summed E-state index contributed by atoms with van der Waals surface area (Å²) in [6.07, 6.45) is 1.90. The molecule has 2 nitrogen and oxygen atoms in total. The number of nitrogen functional groups attached to an aromatic ring is 1. The summed E-state index contributed by atoms with van der Waals surface area (Å²) in [5.41, 5.74) is 10.9. The van der Waals surface area contributed by atoms with E-state index in [1.807, 2.05) is 12.1 Å².